The van der Waals surface area contributed by atoms with E-state index in [2.05, 4.69) is 20.3 Å². The van der Waals surface area contributed by atoms with Gasteiger partial charge in [-0.15, -0.1) is 11.3 Å². The Morgan fingerprint density at radius 3 is 3.24 bits per heavy atom. The molecule has 0 bridgehead atoms. The first-order valence-corrected chi connectivity index (χ1v) is 7.60. The van der Waals surface area contributed by atoms with Crippen molar-refractivity contribution >= 4 is 33.3 Å². The van der Waals surface area contributed by atoms with Crippen molar-refractivity contribution in [3.8, 4) is 0 Å². The van der Waals surface area contributed by atoms with Crippen LogP contribution in [0.4, 0.5) is 5.82 Å². The molecule has 1 aliphatic rings. The van der Waals surface area contributed by atoms with Crippen molar-refractivity contribution < 1.29 is 9.53 Å². The number of hydrogen-bond acceptors (Lipinski definition) is 8. The summed E-state index contributed by atoms with van der Waals surface area (Å²) in [6, 6.07) is 1.95. The number of ether oxygens (including phenoxy) is 1. The van der Waals surface area contributed by atoms with E-state index in [1.165, 1.54) is 7.11 Å². The fourth-order valence-electron chi connectivity index (χ4n) is 2.62. The summed E-state index contributed by atoms with van der Waals surface area (Å²) in [6.45, 7) is 2.14. The number of methoxy groups -OCH3 is 1. The van der Waals surface area contributed by atoms with Crippen LogP contribution in [0.15, 0.2) is 11.4 Å². The third kappa shape index (κ3) is 2.82. The minimum atomic E-state index is -0.142. The molecule has 112 valence electrons. The van der Waals surface area contributed by atoms with Gasteiger partial charge in [0.2, 0.25) is 0 Å². The van der Waals surface area contributed by atoms with Crippen LogP contribution in [0.1, 0.15) is 12.2 Å². The number of fused-ring (bicyclic) bond motifs is 1. The molecule has 3 heterocycles. The molecule has 0 saturated carbocycles. The van der Waals surface area contributed by atoms with Crippen LogP contribution in [0.25, 0.3) is 10.2 Å². The zero-order chi connectivity index (χ0) is 14.8. The highest BCUT2D eigenvalue weighted by Gasteiger charge is 2.29. The van der Waals surface area contributed by atoms with Crippen molar-refractivity contribution in [2.75, 3.05) is 25.6 Å². The van der Waals surface area contributed by atoms with Gasteiger partial charge in [0.15, 0.2) is 5.82 Å². The van der Waals surface area contributed by atoms with Crippen molar-refractivity contribution in [3.63, 3.8) is 0 Å². The van der Waals surface area contributed by atoms with Gasteiger partial charge in [0.1, 0.15) is 10.7 Å². The molecular formula is C13H17N5O2S. The molecule has 1 aliphatic heterocycles. The molecular weight excluding hydrogens is 290 g/mol. The number of nitrogens with zero attached hydrogens (tertiary/aromatic N) is 3. The van der Waals surface area contributed by atoms with Crippen LogP contribution in [0, 0.1) is 5.92 Å². The van der Waals surface area contributed by atoms with Crippen LogP contribution in [0.3, 0.4) is 0 Å². The second-order valence-corrected chi connectivity index (χ2v) is 5.91. The van der Waals surface area contributed by atoms with Gasteiger partial charge < -0.3 is 10.2 Å². The van der Waals surface area contributed by atoms with E-state index in [-0.39, 0.29) is 11.9 Å². The fourth-order valence-corrected chi connectivity index (χ4v) is 3.40. The number of aromatic nitrogens is 2. The number of likely N-dealkylation sites (tertiary alicyclic amines) is 1. The van der Waals surface area contributed by atoms with E-state index < -0.39 is 0 Å². The first-order chi connectivity index (χ1) is 10.2. The average molecular weight is 307 g/mol. The quantitative estimate of drug-likeness (QED) is 0.494. The maximum atomic E-state index is 11.5. The van der Waals surface area contributed by atoms with Gasteiger partial charge in [-0.25, -0.2) is 15.8 Å². The number of thiophene rings is 1. The number of nitrogen functional groups attached to an aromatic ring is 1. The third-order valence-electron chi connectivity index (χ3n) is 3.68. The molecule has 1 fully saturated rings. The highest BCUT2D eigenvalue weighted by molar-refractivity contribution is 7.16. The van der Waals surface area contributed by atoms with E-state index in [4.69, 9.17) is 10.6 Å². The van der Waals surface area contributed by atoms with Crippen molar-refractivity contribution in [1.29, 1.82) is 0 Å². The average Bonchev–Trinajstić information content (AvgIpc) is 3.14. The second kappa shape index (κ2) is 5.92. The number of anilines is 1. The van der Waals surface area contributed by atoms with Gasteiger partial charge in [-0.2, -0.15) is 0 Å². The van der Waals surface area contributed by atoms with Crippen LogP contribution >= 0.6 is 11.3 Å². The monoisotopic (exact) mass is 307 g/mol. The first kappa shape index (κ1) is 14.2. The van der Waals surface area contributed by atoms with Gasteiger partial charge >= 0.3 is 5.97 Å². The Morgan fingerprint density at radius 1 is 1.62 bits per heavy atom. The maximum absolute atomic E-state index is 11.5. The molecule has 3 N–H and O–H groups in total. The third-order valence-corrected chi connectivity index (χ3v) is 4.49. The molecule has 1 saturated heterocycles. The standard InChI is InChI=1S/C13H17N5O2S/c1-20-13(19)8-2-4-18(6-8)7-10-15-11(17-14)9-3-5-21-12(9)16-10/h3,5,8H,2,4,6-7,14H2,1H3,(H,15,16,17). The number of hydrogen-bond donors (Lipinski definition) is 2. The molecule has 0 spiro atoms. The lowest BCUT2D eigenvalue weighted by atomic mass is 10.1. The Morgan fingerprint density at radius 2 is 2.48 bits per heavy atom. The van der Waals surface area contributed by atoms with Gasteiger partial charge in [0.05, 0.1) is 25.0 Å². The highest BCUT2D eigenvalue weighted by Crippen LogP contribution is 2.25. The zero-order valence-electron chi connectivity index (χ0n) is 11.7. The Labute approximate surface area is 126 Å². The molecule has 1 unspecified atom stereocenters. The smallest absolute Gasteiger partial charge is 0.310 e. The Balaban J connectivity index is 1.75. The number of carbonyl (C=O) groups excluding carboxylic acids is 1. The maximum Gasteiger partial charge on any atom is 0.310 e. The lowest BCUT2D eigenvalue weighted by molar-refractivity contribution is -0.144. The molecule has 0 aliphatic carbocycles. The molecule has 0 amide bonds. The minimum Gasteiger partial charge on any atom is -0.469 e. The summed E-state index contributed by atoms with van der Waals surface area (Å²) in [6.07, 6.45) is 0.815. The van der Waals surface area contributed by atoms with Crippen LogP contribution in [-0.2, 0) is 16.1 Å². The summed E-state index contributed by atoms with van der Waals surface area (Å²) in [5.41, 5.74) is 2.62. The van der Waals surface area contributed by atoms with Crippen LogP contribution in [-0.4, -0.2) is 41.0 Å². The molecule has 21 heavy (non-hydrogen) atoms. The summed E-state index contributed by atoms with van der Waals surface area (Å²) in [7, 11) is 1.43. The molecule has 0 radical (unpaired) electrons. The Kier molecular flexibility index (Phi) is 4.00. The van der Waals surface area contributed by atoms with Crippen LogP contribution in [0.5, 0.6) is 0 Å². The van der Waals surface area contributed by atoms with E-state index in [1.54, 1.807) is 11.3 Å². The summed E-state index contributed by atoms with van der Waals surface area (Å²) >= 11 is 1.56. The van der Waals surface area contributed by atoms with E-state index in [0.29, 0.717) is 24.7 Å². The highest BCUT2D eigenvalue weighted by atomic mass is 32.1. The summed E-state index contributed by atoms with van der Waals surface area (Å²) in [5, 5.41) is 2.90. The number of carbonyl (C=O) groups is 1. The predicted molar refractivity (Wildman–Crippen MR) is 80.6 cm³/mol. The zero-order valence-corrected chi connectivity index (χ0v) is 12.5. The molecule has 8 heteroatoms. The Bertz CT molecular complexity index is 659. The summed E-state index contributed by atoms with van der Waals surface area (Å²) in [5.74, 6) is 6.68. The molecule has 2 aromatic rings. The van der Waals surface area contributed by atoms with E-state index in [9.17, 15) is 4.79 Å². The fraction of sp³-hybridized carbons (Fsp3) is 0.462. The summed E-state index contributed by atoms with van der Waals surface area (Å²) < 4.78 is 4.79. The normalized spacial score (nSPS) is 19.0. The van der Waals surface area contributed by atoms with Gasteiger partial charge in [0, 0.05) is 6.54 Å². The lowest BCUT2D eigenvalue weighted by Gasteiger charge is -2.15. The van der Waals surface area contributed by atoms with Gasteiger partial charge in [-0.3, -0.25) is 9.69 Å². The second-order valence-electron chi connectivity index (χ2n) is 5.02. The molecule has 1 atom stereocenters. The topological polar surface area (TPSA) is 93.4 Å². The van der Waals surface area contributed by atoms with E-state index >= 15 is 0 Å². The molecule has 0 aromatic carbocycles. The van der Waals surface area contributed by atoms with Crippen LogP contribution in [0.2, 0.25) is 0 Å². The number of esters is 1. The lowest BCUT2D eigenvalue weighted by Crippen LogP contribution is -2.24. The minimum absolute atomic E-state index is 0.0485. The molecule has 3 rings (SSSR count). The van der Waals surface area contributed by atoms with Gasteiger partial charge in [0.25, 0.3) is 0 Å². The number of hydrazine groups is 1. The predicted octanol–water partition coefficient (Wildman–Crippen LogP) is 0.972. The molecule has 2 aromatic heterocycles. The van der Waals surface area contributed by atoms with Crippen molar-refractivity contribution in [1.82, 2.24) is 14.9 Å². The number of rotatable bonds is 4. The number of nitrogens with one attached hydrogen (secondary N) is 1. The van der Waals surface area contributed by atoms with Crippen molar-refractivity contribution in [2.45, 2.75) is 13.0 Å². The SMILES string of the molecule is COC(=O)C1CCN(Cc2nc(NN)c3ccsc3n2)C1. The van der Waals surface area contributed by atoms with Crippen molar-refractivity contribution in [3.05, 3.63) is 17.3 Å². The van der Waals surface area contributed by atoms with E-state index in [0.717, 1.165) is 23.2 Å². The van der Waals surface area contributed by atoms with E-state index in [1.807, 2.05) is 11.4 Å². The first-order valence-electron chi connectivity index (χ1n) is 6.72. The van der Waals surface area contributed by atoms with Crippen LogP contribution < -0.4 is 11.3 Å². The summed E-state index contributed by atoms with van der Waals surface area (Å²) in [4.78, 5) is 23.6. The largest absolute Gasteiger partial charge is 0.469 e. The molecule has 7 nitrogen and oxygen atoms in total. The van der Waals surface area contributed by atoms with Gasteiger partial charge in [-0.05, 0) is 24.4 Å². The Hall–Kier alpha value is -1.77. The van der Waals surface area contributed by atoms with Gasteiger partial charge in [-0.1, -0.05) is 0 Å². The van der Waals surface area contributed by atoms with Crippen molar-refractivity contribution in [2.24, 2.45) is 11.8 Å². The number of nitrogens with two attached hydrogens (primary N) is 1.